The number of methoxy groups -OCH3 is 1. The molecular formula is C24H27N3O4. The summed E-state index contributed by atoms with van der Waals surface area (Å²) in [6.07, 6.45) is 2.74. The fourth-order valence-electron chi connectivity index (χ4n) is 3.57. The molecule has 3 rings (SSSR count). The van der Waals surface area contributed by atoms with E-state index in [4.69, 9.17) is 4.74 Å². The monoisotopic (exact) mass is 421 g/mol. The lowest BCUT2D eigenvalue weighted by molar-refractivity contribution is 0.0589. The summed E-state index contributed by atoms with van der Waals surface area (Å²) in [5.74, 6) is -0.0653. The number of unbranched alkanes of at least 4 members (excludes halogenated alkanes) is 1. The lowest BCUT2D eigenvalue weighted by atomic mass is 9.99. The van der Waals surface area contributed by atoms with Gasteiger partial charge in [0.05, 0.1) is 12.7 Å². The number of hydrogen-bond donors (Lipinski definition) is 2. The highest BCUT2D eigenvalue weighted by molar-refractivity contribution is 5.96. The van der Waals surface area contributed by atoms with Crippen molar-refractivity contribution >= 4 is 17.8 Å². The predicted octanol–water partition coefficient (Wildman–Crippen LogP) is 4.47. The first kappa shape index (κ1) is 22.1. The largest absolute Gasteiger partial charge is 0.478 e. The quantitative estimate of drug-likeness (QED) is 0.495. The smallest absolute Gasteiger partial charge is 0.358 e. The van der Waals surface area contributed by atoms with Crippen molar-refractivity contribution in [2.75, 3.05) is 19.5 Å². The molecule has 0 radical (unpaired) electrons. The maximum Gasteiger partial charge on any atom is 0.358 e. The highest BCUT2D eigenvalue weighted by atomic mass is 16.5. The van der Waals surface area contributed by atoms with E-state index in [2.05, 4.69) is 17.2 Å². The van der Waals surface area contributed by atoms with Crippen LogP contribution in [-0.4, -0.2) is 40.8 Å². The van der Waals surface area contributed by atoms with E-state index in [0.29, 0.717) is 23.6 Å². The molecule has 0 aliphatic rings. The van der Waals surface area contributed by atoms with Crippen molar-refractivity contribution in [3.63, 3.8) is 0 Å². The van der Waals surface area contributed by atoms with Crippen LogP contribution in [0, 0.1) is 0 Å². The minimum Gasteiger partial charge on any atom is -0.478 e. The fraction of sp³-hybridized carbons (Fsp3) is 0.292. The molecule has 0 bridgehead atoms. The van der Waals surface area contributed by atoms with E-state index in [-0.39, 0.29) is 5.56 Å². The molecule has 3 aromatic rings. The highest BCUT2D eigenvalue weighted by Crippen LogP contribution is 2.26. The van der Waals surface area contributed by atoms with Gasteiger partial charge in [0.15, 0.2) is 11.5 Å². The lowest BCUT2D eigenvalue weighted by Gasteiger charge is -2.12. The Morgan fingerprint density at radius 2 is 1.84 bits per heavy atom. The Hall–Kier alpha value is -3.61. The molecule has 0 unspecified atom stereocenters. The van der Waals surface area contributed by atoms with Crippen molar-refractivity contribution in [1.29, 1.82) is 0 Å². The van der Waals surface area contributed by atoms with Crippen LogP contribution in [-0.2, 0) is 17.7 Å². The van der Waals surface area contributed by atoms with Gasteiger partial charge in [-0.2, -0.15) is 0 Å². The van der Waals surface area contributed by atoms with Crippen molar-refractivity contribution in [2.45, 2.75) is 32.7 Å². The summed E-state index contributed by atoms with van der Waals surface area (Å²) in [5.41, 5.74) is 3.12. The summed E-state index contributed by atoms with van der Waals surface area (Å²) >= 11 is 0. The molecule has 162 valence electrons. The van der Waals surface area contributed by atoms with Gasteiger partial charge in [0, 0.05) is 20.0 Å². The second-order valence-electron chi connectivity index (χ2n) is 7.20. The van der Waals surface area contributed by atoms with Gasteiger partial charge in [0.2, 0.25) is 0 Å². The van der Waals surface area contributed by atoms with Gasteiger partial charge in [-0.1, -0.05) is 55.8 Å². The van der Waals surface area contributed by atoms with Crippen LogP contribution >= 0.6 is 0 Å². The predicted molar refractivity (Wildman–Crippen MR) is 120 cm³/mol. The van der Waals surface area contributed by atoms with Crippen LogP contribution in [0.15, 0.2) is 48.5 Å². The molecule has 0 atom stereocenters. The first-order valence-electron chi connectivity index (χ1n) is 10.3. The van der Waals surface area contributed by atoms with E-state index in [1.54, 1.807) is 25.2 Å². The number of carbonyl (C=O) groups is 2. The van der Waals surface area contributed by atoms with Crippen molar-refractivity contribution in [2.24, 2.45) is 0 Å². The molecule has 2 aromatic carbocycles. The molecule has 0 aliphatic heterocycles. The third-order valence-corrected chi connectivity index (χ3v) is 5.18. The summed E-state index contributed by atoms with van der Waals surface area (Å²) < 4.78 is 6.89. The molecule has 1 heterocycles. The van der Waals surface area contributed by atoms with Crippen LogP contribution in [0.1, 0.15) is 52.0 Å². The van der Waals surface area contributed by atoms with Gasteiger partial charge in [-0.3, -0.25) is 0 Å². The van der Waals surface area contributed by atoms with Crippen LogP contribution in [0.5, 0.6) is 0 Å². The first-order valence-corrected chi connectivity index (χ1v) is 10.3. The number of rotatable bonds is 9. The summed E-state index contributed by atoms with van der Waals surface area (Å²) in [6.45, 7) is 2.57. The van der Waals surface area contributed by atoms with Crippen molar-refractivity contribution in [1.82, 2.24) is 9.55 Å². The number of ether oxygens (including phenoxy) is 1. The Morgan fingerprint density at radius 1 is 1.13 bits per heavy atom. The number of nitrogens with zero attached hydrogens (tertiary/aromatic N) is 2. The number of imidazole rings is 1. The molecule has 0 amide bonds. The minimum absolute atomic E-state index is 0.262. The van der Waals surface area contributed by atoms with Crippen LogP contribution in [0.2, 0.25) is 0 Å². The molecule has 7 heteroatoms. The van der Waals surface area contributed by atoms with E-state index in [1.165, 1.54) is 7.11 Å². The molecule has 31 heavy (non-hydrogen) atoms. The Labute approximate surface area is 181 Å². The zero-order valence-corrected chi connectivity index (χ0v) is 18.0. The van der Waals surface area contributed by atoms with Crippen molar-refractivity contribution < 1.29 is 19.4 Å². The highest BCUT2D eigenvalue weighted by Gasteiger charge is 2.23. The number of hydrogen-bond acceptors (Lipinski definition) is 5. The Balaban J connectivity index is 1.96. The van der Waals surface area contributed by atoms with Gasteiger partial charge in [0.1, 0.15) is 5.82 Å². The number of esters is 1. The zero-order valence-electron chi connectivity index (χ0n) is 18.0. The maximum absolute atomic E-state index is 12.5. The Morgan fingerprint density at radius 3 is 2.45 bits per heavy atom. The Kier molecular flexibility index (Phi) is 7.07. The van der Waals surface area contributed by atoms with Crippen molar-refractivity contribution in [3.8, 4) is 11.1 Å². The normalized spacial score (nSPS) is 10.7. The van der Waals surface area contributed by atoms with Crippen LogP contribution in [0.25, 0.3) is 11.1 Å². The molecule has 0 aliphatic carbocycles. The number of aromatic nitrogens is 2. The second-order valence-corrected chi connectivity index (χ2v) is 7.20. The van der Waals surface area contributed by atoms with Gasteiger partial charge in [0.25, 0.3) is 0 Å². The molecule has 2 N–H and O–H groups in total. The molecule has 1 aromatic heterocycles. The average Bonchev–Trinajstić information content (AvgIpc) is 3.14. The van der Waals surface area contributed by atoms with Gasteiger partial charge >= 0.3 is 11.9 Å². The van der Waals surface area contributed by atoms with Gasteiger partial charge < -0.3 is 19.7 Å². The number of carboxylic acid groups (broad SMARTS) is 1. The number of carbonyl (C=O) groups excluding carboxylic acids is 1. The second kappa shape index (κ2) is 9.93. The third-order valence-electron chi connectivity index (χ3n) is 5.18. The fourth-order valence-corrected chi connectivity index (χ4v) is 3.57. The number of anilines is 1. The number of aryl methyl sites for hydroxylation is 1. The van der Waals surface area contributed by atoms with Gasteiger partial charge in [-0.05, 0) is 29.2 Å². The van der Waals surface area contributed by atoms with E-state index >= 15 is 0 Å². The SMILES string of the molecule is CCCCc1nc(NC)c(C(=O)OC)n1Cc1ccc(-c2ccccc2C(=O)O)cc1. The summed E-state index contributed by atoms with van der Waals surface area (Å²) in [5, 5.41) is 12.4. The molecule has 0 fully saturated rings. The summed E-state index contributed by atoms with van der Waals surface area (Å²) in [4.78, 5) is 28.6. The van der Waals surface area contributed by atoms with E-state index in [0.717, 1.165) is 36.2 Å². The number of benzene rings is 2. The molecule has 0 saturated carbocycles. The van der Waals surface area contributed by atoms with E-state index in [9.17, 15) is 14.7 Å². The molecule has 7 nitrogen and oxygen atoms in total. The molecular weight excluding hydrogens is 394 g/mol. The first-order chi connectivity index (χ1) is 15.0. The lowest BCUT2D eigenvalue weighted by Crippen LogP contribution is -2.15. The Bertz CT molecular complexity index is 1070. The third kappa shape index (κ3) is 4.77. The van der Waals surface area contributed by atoms with Gasteiger partial charge in [-0.15, -0.1) is 0 Å². The number of aromatic carboxylic acids is 1. The molecule has 0 spiro atoms. The van der Waals surface area contributed by atoms with Crippen LogP contribution < -0.4 is 5.32 Å². The topological polar surface area (TPSA) is 93.5 Å². The number of nitrogens with one attached hydrogen (secondary N) is 1. The van der Waals surface area contributed by atoms with Crippen molar-refractivity contribution in [3.05, 3.63) is 71.2 Å². The standard InChI is InChI=1S/C24H27N3O4/c1-4-5-10-20-26-22(25-2)21(24(30)31-3)27(20)15-16-11-13-17(14-12-16)18-8-6-7-9-19(18)23(28)29/h6-9,11-14,25H,4-5,10,15H2,1-3H3,(H,28,29). The van der Waals surface area contributed by atoms with E-state index in [1.807, 2.05) is 34.9 Å². The molecule has 0 saturated heterocycles. The van der Waals surface area contributed by atoms with Crippen LogP contribution in [0.3, 0.4) is 0 Å². The average molecular weight is 421 g/mol. The van der Waals surface area contributed by atoms with E-state index < -0.39 is 11.9 Å². The number of carboxylic acids is 1. The minimum atomic E-state index is -0.957. The summed E-state index contributed by atoms with van der Waals surface area (Å²) in [6, 6.07) is 14.6. The van der Waals surface area contributed by atoms with Crippen LogP contribution in [0.4, 0.5) is 5.82 Å². The zero-order chi connectivity index (χ0) is 22.4. The maximum atomic E-state index is 12.5. The van der Waals surface area contributed by atoms with Gasteiger partial charge in [-0.25, -0.2) is 14.6 Å². The summed E-state index contributed by atoms with van der Waals surface area (Å²) in [7, 11) is 3.09.